The Morgan fingerprint density at radius 1 is 1.50 bits per heavy atom. The average molecular weight is 188 g/mol. The average Bonchev–Trinajstić information content (AvgIpc) is 1.87. The molecule has 0 amide bonds. The fourth-order valence-electron chi connectivity index (χ4n) is 0.203. The summed E-state index contributed by atoms with van der Waals surface area (Å²) < 4.78 is 36.1. The van der Waals surface area contributed by atoms with Gasteiger partial charge in [0.05, 0.1) is 6.61 Å². The van der Waals surface area contributed by atoms with Crippen LogP contribution in [0.5, 0.6) is 0 Å². The van der Waals surface area contributed by atoms with E-state index in [4.69, 9.17) is 5.11 Å². The van der Waals surface area contributed by atoms with E-state index in [1.807, 2.05) is 0 Å². The molecule has 0 aliphatic carbocycles. The zero-order chi connectivity index (χ0) is 10.1. The minimum atomic E-state index is -3.26. The molecule has 0 spiro atoms. The molecule has 74 valence electrons. The van der Waals surface area contributed by atoms with Gasteiger partial charge in [-0.25, -0.2) is 13.2 Å². The Hall–Kier alpha value is -0.780. The lowest BCUT2D eigenvalue weighted by molar-refractivity contribution is -0.140. The molecular formula is C6H11F3O3. The molecule has 0 aliphatic heterocycles. The first-order chi connectivity index (χ1) is 5.41. The van der Waals surface area contributed by atoms with Crippen LogP contribution in [0.3, 0.4) is 0 Å². The van der Waals surface area contributed by atoms with Crippen molar-refractivity contribution in [2.24, 2.45) is 0 Å². The number of hydrogen-bond acceptors (Lipinski definition) is 3. The molecule has 1 atom stereocenters. The summed E-state index contributed by atoms with van der Waals surface area (Å²) in [6, 6.07) is 0. The van der Waals surface area contributed by atoms with Gasteiger partial charge in [0.2, 0.25) is 0 Å². The number of halogens is 3. The number of carbonyl (C=O) groups excluding carboxylic acids is 1. The standard InChI is InChI=1S/C4H8O2.C2H3F3O/c1-3-6-4(2)5;3-1(4)2(5)6/h3H2,1-2H3;1-2,6H. The quantitative estimate of drug-likeness (QED) is 0.660. The summed E-state index contributed by atoms with van der Waals surface area (Å²) in [7, 11) is 0. The molecule has 0 fully saturated rings. The van der Waals surface area contributed by atoms with Gasteiger partial charge in [-0.05, 0) is 6.92 Å². The van der Waals surface area contributed by atoms with Crippen LogP contribution in [0.1, 0.15) is 13.8 Å². The van der Waals surface area contributed by atoms with Gasteiger partial charge in [0.15, 0.2) is 0 Å². The Kier molecular flexibility index (Phi) is 9.56. The molecular weight excluding hydrogens is 177 g/mol. The summed E-state index contributed by atoms with van der Waals surface area (Å²) in [6.45, 7) is 3.65. The molecule has 0 aromatic carbocycles. The van der Waals surface area contributed by atoms with Crippen LogP contribution in [0, 0.1) is 0 Å². The van der Waals surface area contributed by atoms with Crippen molar-refractivity contribution in [3.8, 4) is 0 Å². The number of hydrogen-bond donors (Lipinski definition) is 1. The number of alkyl halides is 3. The van der Waals surface area contributed by atoms with Gasteiger partial charge in [-0.15, -0.1) is 0 Å². The van der Waals surface area contributed by atoms with E-state index in [-0.39, 0.29) is 5.97 Å². The van der Waals surface area contributed by atoms with Crippen molar-refractivity contribution in [2.45, 2.75) is 26.6 Å². The van der Waals surface area contributed by atoms with Gasteiger partial charge in [-0.1, -0.05) is 0 Å². The van der Waals surface area contributed by atoms with Crippen LogP contribution in [0.4, 0.5) is 13.2 Å². The summed E-state index contributed by atoms with van der Waals surface area (Å²) in [5, 5.41) is 7.21. The highest BCUT2D eigenvalue weighted by Gasteiger charge is 2.12. The Bertz CT molecular complexity index is 111. The largest absolute Gasteiger partial charge is 0.466 e. The van der Waals surface area contributed by atoms with Crippen LogP contribution in [0.25, 0.3) is 0 Å². The van der Waals surface area contributed by atoms with E-state index in [9.17, 15) is 18.0 Å². The van der Waals surface area contributed by atoms with Gasteiger partial charge in [0, 0.05) is 6.92 Å². The molecule has 3 nitrogen and oxygen atoms in total. The van der Waals surface area contributed by atoms with Crippen LogP contribution in [-0.2, 0) is 9.53 Å². The normalized spacial score (nSPS) is 11.6. The maximum atomic E-state index is 10.6. The number of aliphatic hydroxyl groups excluding tert-OH is 1. The summed E-state index contributed by atoms with van der Waals surface area (Å²) >= 11 is 0. The molecule has 0 bridgehead atoms. The molecule has 0 heterocycles. The number of esters is 1. The molecule has 0 aliphatic rings. The molecule has 1 unspecified atom stereocenters. The predicted molar refractivity (Wildman–Crippen MR) is 35.4 cm³/mol. The third kappa shape index (κ3) is 16.1. The second-order valence-corrected chi connectivity index (χ2v) is 1.63. The monoisotopic (exact) mass is 188 g/mol. The highest BCUT2D eigenvalue weighted by atomic mass is 19.3. The Morgan fingerprint density at radius 3 is 1.83 bits per heavy atom. The second kappa shape index (κ2) is 8.32. The van der Waals surface area contributed by atoms with Crippen LogP contribution in [-0.4, -0.2) is 30.5 Å². The maximum absolute atomic E-state index is 10.6. The zero-order valence-corrected chi connectivity index (χ0v) is 6.76. The van der Waals surface area contributed by atoms with Gasteiger partial charge >= 0.3 is 5.97 Å². The molecule has 6 heteroatoms. The van der Waals surface area contributed by atoms with Gasteiger partial charge in [-0.3, -0.25) is 4.79 Å². The summed E-state index contributed by atoms with van der Waals surface area (Å²) in [5.74, 6) is -0.211. The highest BCUT2D eigenvalue weighted by molar-refractivity contribution is 5.65. The maximum Gasteiger partial charge on any atom is 0.302 e. The van der Waals surface area contributed by atoms with Crippen molar-refractivity contribution in [1.29, 1.82) is 0 Å². The Labute approximate surface area is 68.1 Å². The van der Waals surface area contributed by atoms with E-state index in [0.717, 1.165) is 0 Å². The first-order valence-corrected chi connectivity index (χ1v) is 3.15. The van der Waals surface area contributed by atoms with Crippen LogP contribution < -0.4 is 0 Å². The van der Waals surface area contributed by atoms with Gasteiger partial charge in [0.25, 0.3) is 12.8 Å². The van der Waals surface area contributed by atoms with Gasteiger partial charge in [-0.2, -0.15) is 0 Å². The fourth-order valence-corrected chi connectivity index (χ4v) is 0.203. The van der Waals surface area contributed by atoms with Crippen molar-refractivity contribution >= 4 is 5.97 Å². The molecule has 0 saturated carbocycles. The SMILES string of the molecule is CCOC(C)=O.OC(F)C(F)F. The number of aliphatic hydroxyl groups is 1. The van der Waals surface area contributed by atoms with E-state index in [0.29, 0.717) is 6.61 Å². The molecule has 0 aromatic heterocycles. The first-order valence-electron chi connectivity index (χ1n) is 3.15. The molecule has 12 heavy (non-hydrogen) atoms. The smallest absolute Gasteiger partial charge is 0.302 e. The Balaban J connectivity index is 0. The van der Waals surface area contributed by atoms with E-state index in [1.165, 1.54) is 6.92 Å². The third-order valence-corrected chi connectivity index (χ3v) is 0.556. The van der Waals surface area contributed by atoms with Crippen molar-refractivity contribution in [3.63, 3.8) is 0 Å². The Morgan fingerprint density at radius 2 is 1.83 bits per heavy atom. The minimum absolute atomic E-state index is 0.211. The zero-order valence-electron chi connectivity index (χ0n) is 6.76. The molecule has 0 aromatic rings. The summed E-state index contributed by atoms with van der Waals surface area (Å²) in [5.41, 5.74) is 0. The van der Waals surface area contributed by atoms with E-state index in [1.54, 1.807) is 6.92 Å². The van der Waals surface area contributed by atoms with Crippen molar-refractivity contribution in [1.82, 2.24) is 0 Å². The molecule has 0 rings (SSSR count). The second-order valence-electron chi connectivity index (χ2n) is 1.63. The third-order valence-electron chi connectivity index (χ3n) is 0.556. The van der Waals surface area contributed by atoms with Gasteiger partial charge in [0.1, 0.15) is 0 Å². The van der Waals surface area contributed by atoms with E-state index >= 15 is 0 Å². The van der Waals surface area contributed by atoms with Crippen LogP contribution in [0.15, 0.2) is 0 Å². The lowest BCUT2D eigenvalue weighted by Gasteiger charge is -1.92. The van der Waals surface area contributed by atoms with Crippen molar-refractivity contribution < 1.29 is 27.8 Å². The number of ether oxygens (including phenoxy) is 1. The lowest BCUT2D eigenvalue weighted by atomic mass is 10.7. The molecule has 0 radical (unpaired) electrons. The topological polar surface area (TPSA) is 46.5 Å². The number of rotatable bonds is 2. The van der Waals surface area contributed by atoms with Gasteiger partial charge < -0.3 is 9.84 Å². The van der Waals surface area contributed by atoms with Crippen LogP contribution >= 0.6 is 0 Å². The summed E-state index contributed by atoms with van der Waals surface area (Å²) in [6.07, 6.45) is -6.24. The van der Waals surface area contributed by atoms with E-state index < -0.39 is 12.8 Å². The fraction of sp³-hybridized carbons (Fsp3) is 0.833. The molecule has 0 saturated heterocycles. The lowest BCUT2D eigenvalue weighted by Crippen LogP contribution is -2.08. The van der Waals surface area contributed by atoms with E-state index in [2.05, 4.69) is 4.74 Å². The van der Waals surface area contributed by atoms with Crippen LogP contribution in [0.2, 0.25) is 0 Å². The highest BCUT2D eigenvalue weighted by Crippen LogP contribution is 1.98. The molecule has 1 N–H and O–H groups in total. The summed E-state index contributed by atoms with van der Waals surface area (Å²) in [4.78, 5) is 9.82. The number of carbonyl (C=O) groups is 1. The van der Waals surface area contributed by atoms with Crippen molar-refractivity contribution in [2.75, 3.05) is 6.61 Å². The first kappa shape index (κ1) is 13.8. The van der Waals surface area contributed by atoms with Crippen molar-refractivity contribution in [3.05, 3.63) is 0 Å². The predicted octanol–water partition coefficient (Wildman–Crippen LogP) is 1.11. The minimum Gasteiger partial charge on any atom is -0.466 e.